The first-order valence-electron chi connectivity index (χ1n) is 8.41. The average Bonchev–Trinajstić information content (AvgIpc) is 2.61. The Hall–Kier alpha value is -2.37. The first-order valence-corrected chi connectivity index (χ1v) is 8.41. The van der Waals surface area contributed by atoms with Gasteiger partial charge in [-0.15, -0.1) is 0 Å². The number of ether oxygens (including phenoxy) is 1. The number of pyridine rings is 1. The van der Waals surface area contributed by atoms with Crippen LogP contribution in [0.2, 0.25) is 0 Å². The van der Waals surface area contributed by atoms with Gasteiger partial charge in [0.25, 0.3) is 0 Å². The van der Waals surface area contributed by atoms with Crippen molar-refractivity contribution in [3.05, 3.63) is 36.4 Å². The number of piperidine rings is 1. The zero-order chi connectivity index (χ0) is 16.9. The molecule has 0 amide bonds. The number of rotatable bonds is 5. The van der Waals surface area contributed by atoms with E-state index in [4.69, 9.17) is 4.74 Å². The summed E-state index contributed by atoms with van der Waals surface area (Å²) in [4.78, 5) is 17.1. The molecule has 0 radical (unpaired) electrons. The van der Waals surface area contributed by atoms with E-state index in [1.54, 1.807) is 12.5 Å². The van der Waals surface area contributed by atoms with Gasteiger partial charge < -0.3 is 14.5 Å². The minimum atomic E-state index is 0.587. The van der Waals surface area contributed by atoms with E-state index in [0.717, 1.165) is 55.5 Å². The van der Waals surface area contributed by atoms with E-state index in [0.29, 0.717) is 5.92 Å². The molecule has 0 atom stereocenters. The summed E-state index contributed by atoms with van der Waals surface area (Å²) < 4.78 is 5.98. The van der Waals surface area contributed by atoms with E-state index in [2.05, 4.69) is 25.9 Å². The Kier molecular flexibility index (Phi) is 5.13. The van der Waals surface area contributed by atoms with Crippen LogP contribution >= 0.6 is 0 Å². The molecule has 24 heavy (non-hydrogen) atoms. The molecule has 0 spiro atoms. The summed E-state index contributed by atoms with van der Waals surface area (Å²) in [6.07, 6.45) is 7.50. The largest absolute Gasteiger partial charge is 0.493 e. The van der Waals surface area contributed by atoms with Crippen LogP contribution in [0.5, 0.6) is 5.75 Å². The Labute approximate surface area is 143 Å². The van der Waals surface area contributed by atoms with Crippen LogP contribution in [0, 0.1) is 12.8 Å². The average molecular weight is 327 g/mol. The van der Waals surface area contributed by atoms with E-state index in [9.17, 15) is 0 Å². The van der Waals surface area contributed by atoms with Crippen LogP contribution in [-0.2, 0) is 0 Å². The van der Waals surface area contributed by atoms with Gasteiger partial charge in [0.2, 0.25) is 0 Å². The van der Waals surface area contributed by atoms with Gasteiger partial charge in [0.05, 0.1) is 6.61 Å². The fourth-order valence-corrected chi connectivity index (χ4v) is 2.91. The van der Waals surface area contributed by atoms with Gasteiger partial charge in [0, 0.05) is 51.2 Å². The summed E-state index contributed by atoms with van der Waals surface area (Å²) >= 11 is 0. The normalized spacial score (nSPS) is 15.4. The molecule has 6 heteroatoms. The summed E-state index contributed by atoms with van der Waals surface area (Å²) in [5, 5.41) is 0. The molecule has 128 valence electrons. The van der Waals surface area contributed by atoms with Crippen molar-refractivity contribution in [3.8, 4) is 5.75 Å². The lowest BCUT2D eigenvalue weighted by Crippen LogP contribution is -2.36. The topological polar surface area (TPSA) is 54.4 Å². The lowest BCUT2D eigenvalue weighted by atomic mass is 9.98. The molecule has 0 saturated carbocycles. The highest BCUT2D eigenvalue weighted by atomic mass is 16.5. The van der Waals surface area contributed by atoms with Gasteiger partial charge in [-0.1, -0.05) is 0 Å². The van der Waals surface area contributed by atoms with Gasteiger partial charge in [0.15, 0.2) is 0 Å². The smallest absolute Gasteiger partial charge is 0.134 e. The summed E-state index contributed by atoms with van der Waals surface area (Å²) in [5.74, 6) is 3.49. The number of aryl methyl sites for hydroxylation is 1. The first kappa shape index (κ1) is 16.5. The van der Waals surface area contributed by atoms with Gasteiger partial charge in [-0.25, -0.2) is 9.97 Å². The van der Waals surface area contributed by atoms with Crippen LogP contribution in [0.4, 0.5) is 11.6 Å². The third-order valence-electron chi connectivity index (χ3n) is 4.48. The van der Waals surface area contributed by atoms with Crippen molar-refractivity contribution >= 4 is 11.6 Å². The molecule has 1 saturated heterocycles. The first-order chi connectivity index (χ1) is 11.6. The van der Waals surface area contributed by atoms with Crippen molar-refractivity contribution in [2.75, 3.05) is 43.6 Å². The highest BCUT2D eigenvalue weighted by Crippen LogP contribution is 2.25. The highest BCUT2D eigenvalue weighted by Gasteiger charge is 2.21. The molecular weight excluding hydrogens is 302 g/mol. The quantitative estimate of drug-likeness (QED) is 0.841. The SMILES string of the molecule is Cc1cnccc1OCC1CCN(c2cc(N(C)C)ncn2)CC1. The van der Waals surface area contributed by atoms with Crippen LogP contribution in [0.25, 0.3) is 0 Å². The Morgan fingerprint density at radius 2 is 2.04 bits per heavy atom. The number of anilines is 2. The Bertz CT molecular complexity index is 668. The van der Waals surface area contributed by atoms with Crippen molar-refractivity contribution in [1.29, 1.82) is 0 Å². The fraction of sp³-hybridized carbons (Fsp3) is 0.500. The third-order valence-corrected chi connectivity index (χ3v) is 4.48. The molecule has 1 aliphatic heterocycles. The van der Waals surface area contributed by atoms with Gasteiger partial charge in [-0.05, 0) is 31.7 Å². The van der Waals surface area contributed by atoms with Gasteiger partial charge in [-0.2, -0.15) is 0 Å². The molecule has 1 fully saturated rings. The Morgan fingerprint density at radius 3 is 2.75 bits per heavy atom. The molecule has 2 aromatic rings. The Morgan fingerprint density at radius 1 is 1.25 bits per heavy atom. The van der Waals surface area contributed by atoms with Gasteiger partial charge in [0.1, 0.15) is 23.7 Å². The van der Waals surface area contributed by atoms with Crippen LogP contribution in [0.15, 0.2) is 30.9 Å². The molecule has 3 heterocycles. The minimum absolute atomic E-state index is 0.587. The monoisotopic (exact) mass is 327 g/mol. The number of hydrogen-bond acceptors (Lipinski definition) is 6. The molecular formula is C18H25N5O. The van der Waals surface area contributed by atoms with Crippen molar-refractivity contribution in [2.24, 2.45) is 5.92 Å². The molecule has 1 aliphatic rings. The van der Waals surface area contributed by atoms with E-state index >= 15 is 0 Å². The lowest BCUT2D eigenvalue weighted by molar-refractivity contribution is 0.221. The molecule has 2 aromatic heterocycles. The van der Waals surface area contributed by atoms with Crippen molar-refractivity contribution in [2.45, 2.75) is 19.8 Å². The van der Waals surface area contributed by atoms with Gasteiger partial charge in [-0.3, -0.25) is 4.98 Å². The van der Waals surface area contributed by atoms with E-state index in [-0.39, 0.29) is 0 Å². The molecule has 6 nitrogen and oxygen atoms in total. The number of hydrogen-bond donors (Lipinski definition) is 0. The fourth-order valence-electron chi connectivity index (χ4n) is 2.91. The Balaban J connectivity index is 1.52. The highest BCUT2D eigenvalue weighted by molar-refractivity contribution is 5.49. The predicted molar refractivity (Wildman–Crippen MR) is 95.8 cm³/mol. The van der Waals surface area contributed by atoms with Gasteiger partial charge >= 0.3 is 0 Å². The maximum atomic E-state index is 5.98. The number of aromatic nitrogens is 3. The summed E-state index contributed by atoms with van der Waals surface area (Å²) in [5.41, 5.74) is 1.09. The zero-order valence-corrected chi connectivity index (χ0v) is 14.6. The molecule has 3 rings (SSSR count). The second kappa shape index (κ2) is 7.47. The van der Waals surface area contributed by atoms with E-state index < -0.39 is 0 Å². The zero-order valence-electron chi connectivity index (χ0n) is 14.6. The van der Waals surface area contributed by atoms with Crippen LogP contribution < -0.4 is 14.5 Å². The maximum absolute atomic E-state index is 5.98. The second-order valence-electron chi connectivity index (χ2n) is 6.51. The summed E-state index contributed by atoms with van der Waals surface area (Å²) in [6.45, 7) is 4.81. The summed E-state index contributed by atoms with van der Waals surface area (Å²) in [7, 11) is 3.99. The van der Waals surface area contributed by atoms with Crippen molar-refractivity contribution in [3.63, 3.8) is 0 Å². The van der Waals surface area contributed by atoms with Crippen molar-refractivity contribution in [1.82, 2.24) is 15.0 Å². The standard InChI is InChI=1S/C18H25N5O/c1-14-11-19-7-4-16(14)24-12-15-5-8-23(9-6-15)18-10-17(22(2)3)20-13-21-18/h4,7,10-11,13,15H,5-6,8-9,12H2,1-3H3. The lowest BCUT2D eigenvalue weighted by Gasteiger charge is -2.33. The maximum Gasteiger partial charge on any atom is 0.134 e. The molecule has 0 aromatic carbocycles. The van der Waals surface area contributed by atoms with Crippen LogP contribution in [0.3, 0.4) is 0 Å². The molecule has 0 N–H and O–H groups in total. The molecule has 0 bridgehead atoms. The van der Waals surface area contributed by atoms with E-state index in [1.165, 1.54) is 0 Å². The minimum Gasteiger partial charge on any atom is -0.493 e. The number of nitrogens with zero attached hydrogens (tertiary/aromatic N) is 5. The van der Waals surface area contributed by atoms with Crippen LogP contribution in [-0.4, -0.2) is 48.7 Å². The third kappa shape index (κ3) is 3.93. The molecule has 0 unspecified atom stereocenters. The second-order valence-corrected chi connectivity index (χ2v) is 6.51. The molecule has 0 aliphatic carbocycles. The van der Waals surface area contributed by atoms with Crippen LogP contribution in [0.1, 0.15) is 18.4 Å². The summed E-state index contributed by atoms with van der Waals surface area (Å²) in [6, 6.07) is 3.99. The van der Waals surface area contributed by atoms with Crippen molar-refractivity contribution < 1.29 is 4.74 Å². The predicted octanol–water partition coefficient (Wildman–Crippen LogP) is 2.54. The van der Waals surface area contributed by atoms with E-state index in [1.807, 2.05) is 38.2 Å².